The van der Waals surface area contributed by atoms with E-state index in [0.717, 1.165) is 5.56 Å². The molecule has 0 aliphatic rings. The number of amides is 1. The van der Waals surface area contributed by atoms with Gasteiger partial charge in [-0.25, -0.2) is 23.9 Å². The average molecular weight is 572 g/mol. The van der Waals surface area contributed by atoms with Gasteiger partial charge in [0.05, 0.1) is 31.1 Å². The molecule has 0 atom stereocenters. The van der Waals surface area contributed by atoms with Gasteiger partial charge in [-0.3, -0.25) is 4.79 Å². The van der Waals surface area contributed by atoms with Crippen LogP contribution in [0.4, 0.5) is 21.6 Å². The lowest BCUT2D eigenvalue weighted by atomic mass is 9.96. The summed E-state index contributed by atoms with van der Waals surface area (Å²) in [5.41, 5.74) is 2.41. The van der Waals surface area contributed by atoms with Crippen LogP contribution in [0, 0.1) is 12.3 Å². The molecule has 2 aromatic carbocycles. The number of nitrogens with one attached hydrogen (secondary N) is 2. The van der Waals surface area contributed by atoms with Crippen LogP contribution in [-0.2, 0) is 4.79 Å². The van der Waals surface area contributed by atoms with Crippen LogP contribution in [0.1, 0.15) is 26.3 Å². The third-order valence-corrected chi connectivity index (χ3v) is 6.21. The Hall–Kier alpha value is -5.26. The van der Waals surface area contributed by atoms with Gasteiger partial charge < -0.3 is 24.8 Å². The summed E-state index contributed by atoms with van der Waals surface area (Å²) >= 11 is 0. The van der Waals surface area contributed by atoms with Crippen molar-refractivity contribution in [3.8, 4) is 23.0 Å². The molecule has 11 nitrogen and oxygen atoms in total. The van der Waals surface area contributed by atoms with Crippen LogP contribution < -0.4 is 24.8 Å². The van der Waals surface area contributed by atoms with Gasteiger partial charge in [0.15, 0.2) is 11.5 Å². The van der Waals surface area contributed by atoms with Crippen LogP contribution in [0.3, 0.4) is 0 Å². The fourth-order valence-electron chi connectivity index (χ4n) is 4.24. The van der Waals surface area contributed by atoms with Crippen LogP contribution >= 0.6 is 0 Å². The van der Waals surface area contributed by atoms with Gasteiger partial charge in [-0.1, -0.05) is 20.8 Å². The number of benzene rings is 2. The molecule has 3 aromatic heterocycles. The van der Waals surface area contributed by atoms with Crippen molar-refractivity contribution in [3.05, 3.63) is 72.7 Å². The van der Waals surface area contributed by atoms with Gasteiger partial charge in [-0.15, -0.1) is 0 Å². The highest BCUT2D eigenvalue weighted by molar-refractivity contribution is 6.05. The normalized spacial score (nSPS) is 11.9. The molecule has 0 saturated heterocycles. The first kappa shape index (κ1) is 28.3. The quantitative estimate of drug-likeness (QED) is 0.204. The zero-order valence-corrected chi connectivity index (χ0v) is 24.0. The van der Waals surface area contributed by atoms with Gasteiger partial charge in [-0.2, -0.15) is 5.10 Å². The number of methoxy groups -OCH3 is 2. The zero-order valence-electron chi connectivity index (χ0n) is 24.0. The first-order chi connectivity index (χ1) is 20.0. The summed E-state index contributed by atoms with van der Waals surface area (Å²) in [6.45, 7) is 7.32. The van der Waals surface area contributed by atoms with Crippen LogP contribution in [0.25, 0.3) is 16.6 Å². The number of rotatable bonds is 8. The summed E-state index contributed by atoms with van der Waals surface area (Å²) in [5, 5.41) is 10.6. The maximum Gasteiger partial charge on any atom is 0.284 e. The van der Waals surface area contributed by atoms with Crippen LogP contribution in [-0.4, -0.2) is 44.7 Å². The second-order valence-corrected chi connectivity index (χ2v) is 10.6. The summed E-state index contributed by atoms with van der Waals surface area (Å²) in [5.74, 6) is 0.675. The van der Waals surface area contributed by atoms with E-state index in [1.165, 1.54) is 25.8 Å². The predicted molar refractivity (Wildman–Crippen MR) is 157 cm³/mol. The Morgan fingerprint density at radius 1 is 0.952 bits per heavy atom. The molecule has 0 radical (unpaired) electrons. The summed E-state index contributed by atoms with van der Waals surface area (Å²) in [6.07, 6.45) is 5.91. The van der Waals surface area contributed by atoms with Gasteiger partial charge in [-0.05, 0) is 42.2 Å². The molecule has 0 unspecified atom stereocenters. The van der Waals surface area contributed by atoms with Crippen molar-refractivity contribution in [3.63, 3.8) is 0 Å². The average Bonchev–Trinajstić information content (AvgIpc) is 3.41. The molecule has 0 fully saturated rings. The van der Waals surface area contributed by atoms with E-state index in [4.69, 9.17) is 14.2 Å². The Morgan fingerprint density at radius 3 is 2.45 bits per heavy atom. The fraction of sp³-hybridized carbons (Fsp3) is 0.233. The van der Waals surface area contributed by atoms with Crippen molar-refractivity contribution < 1.29 is 23.4 Å². The van der Waals surface area contributed by atoms with Crippen LogP contribution in [0.2, 0.25) is 0 Å². The second-order valence-electron chi connectivity index (χ2n) is 10.6. The number of aryl methyl sites for hydroxylation is 1. The number of allylic oxidation sites excluding steroid dienone is 1. The molecule has 42 heavy (non-hydrogen) atoms. The Bertz CT molecular complexity index is 1830. The lowest BCUT2D eigenvalue weighted by Crippen LogP contribution is -2.15. The number of carbonyl (C=O) groups is 1. The van der Waals surface area contributed by atoms with Crippen molar-refractivity contribution in [1.82, 2.24) is 24.6 Å². The maximum atomic E-state index is 14.6. The molecule has 0 aliphatic carbocycles. The Balaban J connectivity index is 1.47. The highest BCUT2D eigenvalue weighted by atomic mass is 19.1. The van der Waals surface area contributed by atoms with E-state index < -0.39 is 17.1 Å². The standard InChI is InChI=1S/C30H30FN7O4/c1-17-9-22(26(41-6)13-24(17)42-18-7-8-38-27(10-18)33-16-35-38)36-28-19-11-23(25(40-5)12-21(19)32-15-34-28)37-29(39)20(31)14-30(2,3)4/h7-16H,1-6H3,(H,37,39)(H,32,34,36)/b20-14+. The minimum Gasteiger partial charge on any atom is -0.494 e. The van der Waals surface area contributed by atoms with Crippen LogP contribution in [0.15, 0.2) is 67.2 Å². The molecule has 0 saturated carbocycles. The van der Waals surface area contributed by atoms with E-state index >= 15 is 0 Å². The SMILES string of the molecule is COc1cc2ncnc(Nc3cc(C)c(Oc4ccn5ncnc5c4)cc3OC)c2cc1NC(=O)/C(F)=C\C(C)(C)C. The summed E-state index contributed by atoms with van der Waals surface area (Å²) < 4.78 is 33.5. The fourth-order valence-corrected chi connectivity index (χ4v) is 4.24. The van der Waals surface area contributed by atoms with E-state index in [-0.39, 0.29) is 5.69 Å². The minimum absolute atomic E-state index is 0.266. The van der Waals surface area contributed by atoms with Crippen molar-refractivity contribution >= 4 is 39.6 Å². The number of halogens is 1. The van der Waals surface area contributed by atoms with Gasteiger partial charge in [0, 0.05) is 29.8 Å². The number of hydrogen-bond acceptors (Lipinski definition) is 9. The number of hydrogen-bond donors (Lipinski definition) is 2. The van der Waals surface area contributed by atoms with Crippen molar-refractivity contribution in [1.29, 1.82) is 0 Å². The number of nitrogens with zero attached hydrogens (tertiary/aromatic N) is 5. The number of aromatic nitrogens is 5. The smallest absolute Gasteiger partial charge is 0.284 e. The van der Waals surface area contributed by atoms with E-state index in [9.17, 15) is 9.18 Å². The summed E-state index contributed by atoms with van der Waals surface area (Å²) in [4.78, 5) is 25.6. The lowest BCUT2D eigenvalue weighted by Gasteiger charge is -2.17. The number of ether oxygens (including phenoxy) is 3. The zero-order chi connectivity index (χ0) is 30.0. The first-order valence-corrected chi connectivity index (χ1v) is 13.0. The highest BCUT2D eigenvalue weighted by Crippen LogP contribution is 2.39. The molecule has 12 heteroatoms. The molecule has 5 aromatic rings. The van der Waals surface area contributed by atoms with Gasteiger partial charge in [0.25, 0.3) is 5.91 Å². The largest absolute Gasteiger partial charge is 0.494 e. The van der Waals surface area contributed by atoms with Crippen molar-refractivity contribution in [2.75, 3.05) is 24.9 Å². The molecular weight excluding hydrogens is 541 g/mol. The van der Waals surface area contributed by atoms with E-state index in [2.05, 4.69) is 30.7 Å². The van der Waals surface area contributed by atoms with Crippen molar-refractivity contribution in [2.45, 2.75) is 27.7 Å². The molecule has 216 valence electrons. The number of pyridine rings is 1. The molecule has 3 heterocycles. The third-order valence-electron chi connectivity index (χ3n) is 6.21. The highest BCUT2D eigenvalue weighted by Gasteiger charge is 2.19. The van der Waals surface area contributed by atoms with Gasteiger partial charge >= 0.3 is 0 Å². The predicted octanol–water partition coefficient (Wildman–Crippen LogP) is 6.37. The topological polar surface area (TPSA) is 125 Å². The Morgan fingerprint density at radius 2 is 1.71 bits per heavy atom. The monoisotopic (exact) mass is 571 g/mol. The lowest BCUT2D eigenvalue weighted by molar-refractivity contribution is -0.114. The number of anilines is 3. The Kier molecular flexibility index (Phi) is 7.62. The molecule has 1 amide bonds. The minimum atomic E-state index is -0.892. The van der Waals surface area contributed by atoms with Crippen molar-refractivity contribution in [2.24, 2.45) is 5.41 Å². The third kappa shape index (κ3) is 6.07. The molecule has 2 N–H and O–H groups in total. The van der Waals surface area contributed by atoms with Gasteiger partial charge in [0.2, 0.25) is 0 Å². The molecule has 0 spiro atoms. The van der Waals surface area contributed by atoms with E-state index in [0.29, 0.717) is 51.1 Å². The maximum absolute atomic E-state index is 14.6. The summed E-state index contributed by atoms with van der Waals surface area (Å²) in [6, 6.07) is 10.5. The number of carbonyl (C=O) groups excluding carboxylic acids is 1. The first-order valence-electron chi connectivity index (χ1n) is 13.0. The van der Waals surface area contributed by atoms with E-state index in [1.807, 2.05) is 13.0 Å². The van der Waals surface area contributed by atoms with Crippen LogP contribution in [0.5, 0.6) is 23.0 Å². The van der Waals surface area contributed by atoms with E-state index in [1.54, 1.807) is 68.9 Å². The Labute approximate surface area is 241 Å². The summed E-state index contributed by atoms with van der Waals surface area (Å²) in [7, 11) is 3.01. The molecule has 0 bridgehead atoms. The molecule has 0 aliphatic heterocycles. The molecular formula is C30H30FN7O4. The molecule has 5 rings (SSSR count). The second kappa shape index (κ2) is 11.3. The number of fused-ring (bicyclic) bond motifs is 2. The van der Waals surface area contributed by atoms with Gasteiger partial charge in [0.1, 0.15) is 41.5 Å².